The van der Waals surface area contributed by atoms with E-state index in [9.17, 15) is 0 Å². The summed E-state index contributed by atoms with van der Waals surface area (Å²) in [7, 11) is 0. The van der Waals surface area contributed by atoms with Gasteiger partial charge in [-0.25, -0.2) is 0 Å². The van der Waals surface area contributed by atoms with Gasteiger partial charge in [0.05, 0.1) is 0 Å². The summed E-state index contributed by atoms with van der Waals surface area (Å²) in [5.41, 5.74) is 5.51. The van der Waals surface area contributed by atoms with Crippen molar-refractivity contribution in [1.29, 1.82) is 0 Å². The molecular weight excluding hydrogens is 216 g/mol. The van der Waals surface area contributed by atoms with Crippen LogP contribution >= 0.6 is 0 Å². The van der Waals surface area contributed by atoms with Gasteiger partial charge in [0.1, 0.15) is 0 Å². The zero-order valence-electron chi connectivity index (χ0n) is 11.5. The van der Waals surface area contributed by atoms with Gasteiger partial charge in [0.2, 0.25) is 0 Å². The Labute approximate surface area is 108 Å². The fraction of sp³-hybridized carbons (Fsp3) is 0.222. The summed E-state index contributed by atoms with van der Waals surface area (Å²) in [6.45, 7) is 8.84. The van der Waals surface area contributed by atoms with Crippen LogP contribution in [0.15, 0.2) is 36.4 Å². The number of hydrogen-bond donors (Lipinski definition) is 0. The minimum Gasteiger partial charge on any atom is -0.0614 e. The van der Waals surface area contributed by atoms with E-state index in [2.05, 4.69) is 64.1 Å². The number of rotatable bonds is 0. The topological polar surface area (TPSA) is 0 Å². The van der Waals surface area contributed by atoms with E-state index in [0.717, 1.165) is 0 Å². The zero-order chi connectivity index (χ0) is 12.9. The summed E-state index contributed by atoms with van der Waals surface area (Å²) in [6.07, 6.45) is 0. The second-order valence-corrected chi connectivity index (χ2v) is 5.29. The van der Waals surface area contributed by atoms with Gasteiger partial charge in [0.15, 0.2) is 0 Å². The Balaban J connectivity index is 2.65. The first-order valence-electron chi connectivity index (χ1n) is 6.48. The van der Waals surface area contributed by atoms with Crippen LogP contribution in [0.5, 0.6) is 0 Å². The maximum Gasteiger partial charge on any atom is -0.0116 e. The van der Waals surface area contributed by atoms with Crippen molar-refractivity contribution in [1.82, 2.24) is 0 Å². The Morgan fingerprint density at radius 3 is 2.06 bits per heavy atom. The fourth-order valence-corrected chi connectivity index (χ4v) is 2.99. The van der Waals surface area contributed by atoms with Gasteiger partial charge in [0.25, 0.3) is 0 Å². The Morgan fingerprint density at radius 2 is 1.28 bits per heavy atom. The van der Waals surface area contributed by atoms with Crippen LogP contribution in [0, 0.1) is 27.7 Å². The smallest absolute Gasteiger partial charge is 0.0116 e. The summed E-state index contributed by atoms with van der Waals surface area (Å²) in [5, 5.41) is 5.59. The highest BCUT2D eigenvalue weighted by Gasteiger charge is 2.08. The number of benzene rings is 3. The first-order chi connectivity index (χ1) is 8.59. The molecule has 0 unspecified atom stereocenters. The number of hydrogen-bond acceptors (Lipinski definition) is 0. The third kappa shape index (κ3) is 1.45. The highest BCUT2D eigenvalue weighted by molar-refractivity contribution is 6.05. The third-order valence-electron chi connectivity index (χ3n) is 4.06. The molecule has 90 valence electrons. The Morgan fingerprint density at radius 1 is 0.611 bits per heavy atom. The molecule has 0 radical (unpaired) electrons. The van der Waals surface area contributed by atoms with E-state index in [1.165, 1.54) is 43.8 Å². The van der Waals surface area contributed by atoms with E-state index < -0.39 is 0 Å². The Hall–Kier alpha value is -1.82. The molecule has 0 N–H and O–H groups in total. The molecular formula is C18H18. The molecule has 0 fully saturated rings. The van der Waals surface area contributed by atoms with Crippen molar-refractivity contribution >= 4 is 21.5 Å². The highest BCUT2D eigenvalue weighted by Crippen LogP contribution is 2.33. The van der Waals surface area contributed by atoms with Crippen LogP contribution in [0.3, 0.4) is 0 Å². The molecule has 0 amide bonds. The van der Waals surface area contributed by atoms with E-state index in [1.54, 1.807) is 0 Å². The SMILES string of the molecule is Cc1cccc2c(C)c3c(C)ccc(C)c3cc12. The molecule has 3 aromatic rings. The molecule has 0 saturated heterocycles. The van der Waals surface area contributed by atoms with Crippen molar-refractivity contribution in [2.24, 2.45) is 0 Å². The second kappa shape index (κ2) is 3.84. The van der Waals surface area contributed by atoms with E-state index in [4.69, 9.17) is 0 Å². The molecule has 3 rings (SSSR count). The normalized spacial score (nSPS) is 11.3. The summed E-state index contributed by atoms with van der Waals surface area (Å²) in [4.78, 5) is 0. The monoisotopic (exact) mass is 234 g/mol. The lowest BCUT2D eigenvalue weighted by Gasteiger charge is -2.13. The summed E-state index contributed by atoms with van der Waals surface area (Å²) in [5.74, 6) is 0. The van der Waals surface area contributed by atoms with Gasteiger partial charge in [-0.3, -0.25) is 0 Å². The maximum absolute atomic E-state index is 2.36. The van der Waals surface area contributed by atoms with Crippen LogP contribution in [0.4, 0.5) is 0 Å². The van der Waals surface area contributed by atoms with Crippen molar-refractivity contribution in [3.05, 3.63) is 58.7 Å². The minimum absolute atomic E-state index is 1.36. The lowest BCUT2D eigenvalue weighted by atomic mass is 9.91. The zero-order valence-corrected chi connectivity index (χ0v) is 11.5. The summed E-state index contributed by atoms with van der Waals surface area (Å²) >= 11 is 0. The van der Waals surface area contributed by atoms with Crippen LogP contribution in [-0.4, -0.2) is 0 Å². The molecule has 3 aromatic carbocycles. The molecule has 0 saturated carbocycles. The van der Waals surface area contributed by atoms with E-state index >= 15 is 0 Å². The average Bonchev–Trinajstić information content (AvgIpc) is 2.35. The number of fused-ring (bicyclic) bond motifs is 2. The van der Waals surface area contributed by atoms with Gasteiger partial charge in [-0.1, -0.05) is 30.3 Å². The molecule has 0 atom stereocenters. The lowest BCUT2D eigenvalue weighted by molar-refractivity contribution is 1.43. The minimum atomic E-state index is 1.36. The quantitative estimate of drug-likeness (QED) is 0.467. The molecule has 0 spiro atoms. The predicted octanol–water partition coefficient (Wildman–Crippen LogP) is 5.23. The van der Waals surface area contributed by atoms with Crippen molar-refractivity contribution in [3.8, 4) is 0 Å². The second-order valence-electron chi connectivity index (χ2n) is 5.29. The molecule has 18 heavy (non-hydrogen) atoms. The van der Waals surface area contributed by atoms with Crippen LogP contribution in [0.25, 0.3) is 21.5 Å². The third-order valence-corrected chi connectivity index (χ3v) is 4.06. The van der Waals surface area contributed by atoms with Crippen LogP contribution < -0.4 is 0 Å². The van der Waals surface area contributed by atoms with E-state index in [1.807, 2.05) is 0 Å². The van der Waals surface area contributed by atoms with E-state index in [0.29, 0.717) is 0 Å². The molecule has 0 heterocycles. The highest BCUT2D eigenvalue weighted by atomic mass is 14.1. The number of aryl methyl sites for hydroxylation is 4. The maximum atomic E-state index is 2.36. The van der Waals surface area contributed by atoms with Crippen LogP contribution in [0.2, 0.25) is 0 Å². The fourth-order valence-electron chi connectivity index (χ4n) is 2.99. The van der Waals surface area contributed by atoms with Gasteiger partial charge in [0, 0.05) is 0 Å². The van der Waals surface area contributed by atoms with Crippen molar-refractivity contribution in [3.63, 3.8) is 0 Å². The predicted molar refractivity (Wildman–Crippen MR) is 80.4 cm³/mol. The standard InChI is InChI=1S/C18H18/c1-11-6-5-7-15-14(4)18-13(3)9-8-12(2)17(18)10-16(11)15/h5-10H,1-4H3. The van der Waals surface area contributed by atoms with Crippen LogP contribution in [-0.2, 0) is 0 Å². The van der Waals surface area contributed by atoms with E-state index in [-0.39, 0.29) is 0 Å². The molecule has 0 aliphatic rings. The molecule has 0 aliphatic heterocycles. The molecule has 0 nitrogen and oxygen atoms in total. The van der Waals surface area contributed by atoms with Crippen molar-refractivity contribution in [2.45, 2.75) is 27.7 Å². The molecule has 0 aliphatic carbocycles. The Kier molecular flexibility index (Phi) is 2.41. The molecule has 0 aromatic heterocycles. The van der Waals surface area contributed by atoms with Crippen LogP contribution in [0.1, 0.15) is 22.3 Å². The summed E-state index contributed by atoms with van der Waals surface area (Å²) < 4.78 is 0. The molecule has 0 bridgehead atoms. The molecule has 0 heteroatoms. The average molecular weight is 234 g/mol. The van der Waals surface area contributed by atoms with Crippen molar-refractivity contribution < 1.29 is 0 Å². The first kappa shape index (κ1) is 11.3. The lowest BCUT2D eigenvalue weighted by Crippen LogP contribution is -1.90. The van der Waals surface area contributed by atoms with Gasteiger partial charge >= 0.3 is 0 Å². The van der Waals surface area contributed by atoms with Crippen molar-refractivity contribution in [2.75, 3.05) is 0 Å². The van der Waals surface area contributed by atoms with Gasteiger partial charge in [-0.2, -0.15) is 0 Å². The van der Waals surface area contributed by atoms with Gasteiger partial charge in [-0.05, 0) is 77.6 Å². The van der Waals surface area contributed by atoms with Gasteiger partial charge < -0.3 is 0 Å². The van der Waals surface area contributed by atoms with Gasteiger partial charge in [-0.15, -0.1) is 0 Å². The first-order valence-corrected chi connectivity index (χ1v) is 6.48. The summed E-state index contributed by atoms with van der Waals surface area (Å²) in [6, 6.07) is 13.4. The Bertz CT molecular complexity index is 764. The largest absolute Gasteiger partial charge is 0.0614 e.